The van der Waals surface area contributed by atoms with Gasteiger partial charge in [-0.25, -0.2) is 4.98 Å². The second-order valence-electron chi connectivity index (χ2n) is 6.74. The van der Waals surface area contributed by atoms with Crippen LogP contribution in [0.15, 0.2) is 11.6 Å². The molecule has 2 saturated heterocycles. The number of hydrogen-bond acceptors (Lipinski definition) is 6. The highest BCUT2D eigenvalue weighted by atomic mass is 32.1. The van der Waals surface area contributed by atoms with E-state index in [-0.39, 0.29) is 6.10 Å². The fourth-order valence-electron chi connectivity index (χ4n) is 3.39. The highest BCUT2D eigenvalue weighted by Crippen LogP contribution is 2.19. The first-order valence-electron chi connectivity index (χ1n) is 8.48. The number of nitrogens with zero attached hydrogens (tertiary/aromatic N) is 4. The summed E-state index contributed by atoms with van der Waals surface area (Å²) < 4.78 is 0. The summed E-state index contributed by atoms with van der Waals surface area (Å²) in [6.45, 7) is 10.3. The van der Waals surface area contributed by atoms with Crippen LogP contribution in [0.25, 0.3) is 0 Å². The maximum absolute atomic E-state index is 10.4. The Balaban J connectivity index is 1.37. The lowest BCUT2D eigenvalue weighted by molar-refractivity contribution is 0.0597. The Morgan fingerprint density at radius 3 is 2.36 bits per heavy atom. The summed E-state index contributed by atoms with van der Waals surface area (Å²) in [5.74, 6) is 0.854. The van der Waals surface area contributed by atoms with Crippen molar-refractivity contribution in [1.29, 1.82) is 0 Å². The number of aliphatic hydroxyl groups excluding tert-OH is 1. The third-order valence-electron chi connectivity index (χ3n) is 4.88. The van der Waals surface area contributed by atoms with E-state index >= 15 is 0 Å². The number of anilines is 1. The minimum Gasteiger partial charge on any atom is -0.390 e. The molecule has 3 rings (SSSR count). The molecule has 0 aliphatic carbocycles. The van der Waals surface area contributed by atoms with Crippen molar-refractivity contribution in [3.8, 4) is 0 Å². The van der Waals surface area contributed by atoms with Gasteiger partial charge in [-0.15, -0.1) is 11.3 Å². The molecule has 3 heterocycles. The number of aliphatic hydroxyl groups is 1. The van der Waals surface area contributed by atoms with Crippen molar-refractivity contribution in [2.24, 2.45) is 5.92 Å². The van der Waals surface area contributed by atoms with E-state index in [2.05, 4.69) is 26.6 Å². The fraction of sp³-hybridized carbons (Fsp3) is 0.812. The number of hydrogen-bond donors (Lipinski definition) is 1. The van der Waals surface area contributed by atoms with Crippen LogP contribution in [0.4, 0.5) is 5.13 Å². The lowest BCUT2D eigenvalue weighted by Gasteiger charge is -2.37. The Morgan fingerprint density at radius 1 is 1.14 bits per heavy atom. The molecule has 5 nitrogen and oxygen atoms in total. The third-order valence-corrected chi connectivity index (χ3v) is 5.71. The zero-order valence-electron chi connectivity index (χ0n) is 13.5. The number of aromatic nitrogens is 1. The van der Waals surface area contributed by atoms with Crippen LogP contribution in [0.1, 0.15) is 19.8 Å². The Morgan fingerprint density at radius 2 is 1.77 bits per heavy atom. The average Bonchev–Trinajstić information content (AvgIpc) is 3.05. The molecular weight excluding hydrogens is 296 g/mol. The van der Waals surface area contributed by atoms with E-state index in [0.29, 0.717) is 0 Å². The number of rotatable bonds is 5. The average molecular weight is 324 g/mol. The molecule has 0 aromatic carbocycles. The van der Waals surface area contributed by atoms with Crippen LogP contribution in [-0.4, -0.2) is 78.4 Å². The first kappa shape index (κ1) is 16.2. The summed E-state index contributed by atoms with van der Waals surface area (Å²) in [7, 11) is 0. The molecule has 124 valence electrons. The first-order chi connectivity index (χ1) is 10.7. The van der Waals surface area contributed by atoms with Crippen LogP contribution in [-0.2, 0) is 0 Å². The molecule has 2 fully saturated rings. The molecule has 0 spiro atoms. The molecule has 2 aliphatic rings. The molecular formula is C16H28N4OS. The van der Waals surface area contributed by atoms with E-state index in [9.17, 15) is 5.11 Å². The van der Waals surface area contributed by atoms with Gasteiger partial charge in [0, 0.05) is 50.8 Å². The third kappa shape index (κ3) is 4.41. The molecule has 0 amide bonds. The molecule has 1 N–H and O–H groups in total. The lowest BCUT2D eigenvalue weighted by Crippen LogP contribution is -2.50. The lowest BCUT2D eigenvalue weighted by atomic mass is 9.99. The van der Waals surface area contributed by atoms with Gasteiger partial charge in [0.05, 0.1) is 6.10 Å². The predicted octanol–water partition coefficient (Wildman–Crippen LogP) is 1.36. The van der Waals surface area contributed by atoms with Crippen molar-refractivity contribution >= 4 is 16.5 Å². The monoisotopic (exact) mass is 324 g/mol. The zero-order valence-corrected chi connectivity index (χ0v) is 14.3. The quantitative estimate of drug-likeness (QED) is 0.886. The second-order valence-corrected chi connectivity index (χ2v) is 7.61. The maximum Gasteiger partial charge on any atom is 0.185 e. The standard InChI is InChI=1S/C16H28N4OS/c1-14-2-5-18(6-3-14)12-15(21)13-19-7-9-20(10-8-19)16-17-4-11-22-16/h4,11,14-15,21H,2-3,5-10,12-13H2,1H3/t15-/m0/s1. The molecule has 0 radical (unpaired) electrons. The van der Waals surface area contributed by atoms with Crippen LogP contribution < -0.4 is 4.90 Å². The van der Waals surface area contributed by atoms with Crippen molar-refractivity contribution in [2.45, 2.75) is 25.9 Å². The molecule has 1 atom stereocenters. The summed E-state index contributed by atoms with van der Waals surface area (Å²) in [5, 5.41) is 13.5. The van der Waals surface area contributed by atoms with E-state index in [1.807, 2.05) is 11.6 Å². The molecule has 22 heavy (non-hydrogen) atoms. The Labute approximate surface area is 137 Å². The van der Waals surface area contributed by atoms with Crippen LogP contribution >= 0.6 is 11.3 Å². The fourth-order valence-corrected chi connectivity index (χ4v) is 4.09. The van der Waals surface area contributed by atoms with Crippen molar-refractivity contribution in [2.75, 3.05) is 57.3 Å². The summed E-state index contributed by atoms with van der Waals surface area (Å²) in [6.07, 6.45) is 4.20. The van der Waals surface area contributed by atoms with Crippen LogP contribution in [0.3, 0.4) is 0 Å². The number of piperidine rings is 1. The van der Waals surface area contributed by atoms with Crippen molar-refractivity contribution in [1.82, 2.24) is 14.8 Å². The van der Waals surface area contributed by atoms with Gasteiger partial charge in [-0.05, 0) is 31.8 Å². The zero-order chi connectivity index (χ0) is 15.4. The highest BCUT2D eigenvalue weighted by Gasteiger charge is 2.23. The summed E-state index contributed by atoms with van der Waals surface area (Å²) in [5.41, 5.74) is 0. The Kier molecular flexibility index (Phi) is 5.68. The molecule has 1 aromatic heterocycles. The molecule has 1 aromatic rings. The van der Waals surface area contributed by atoms with Gasteiger partial charge in [0.1, 0.15) is 0 Å². The molecule has 0 saturated carbocycles. The van der Waals surface area contributed by atoms with E-state index in [1.165, 1.54) is 12.8 Å². The minimum absolute atomic E-state index is 0.222. The maximum atomic E-state index is 10.4. The van der Waals surface area contributed by atoms with Crippen LogP contribution in [0.2, 0.25) is 0 Å². The van der Waals surface area contributed by atoms with Gasteiger partial charge >= 0.3 is 0 Å². The molecule has 0 unspecified atom stereocenters. The van der Waals surface area contributed by atoms with E-state index in [0.717, 1.165) is 63.4 Å². The van der Waals surface area contributed by atoms with E-state index in [4.69, 9.17) is 0 Å². The number of piperazine rings is 1. The van der Waals surface area contributed by atoms with Crippen LogP contribution in [0.5, 0.6) is 0 Å². The topological polar surface area (TPSA) is 42.8 Å². The molecule has 0 bridgehead atoms. The van der Waals surface area contributed by atoms with Gasteiger partial charge < -0.3 is 14.9 Å². The van der Waals surface area contributed by atoms with Gasteiger partial charge in [0.25, 0.3) is 0 Å². The second kappa shape index (κ2) is 7.73. The Bertz CT molecular complexity index is 425. The van der Waals surface area contributed by atoms with Crippen molar-refractivity contribution < 1.29 is 5.11 Å². The van der Waals surface area contributed by atoms with E-state index in [1.54, 1.807) is 11.3 Å². The number of β-amino-alcohol motifs (C(OH)–C–C–N with tert-alkyl or cyclic N) is 1. The minimum atomic E-state index is -0.222. The normalized spacial score (nSPS) is 23.8. The smallest absolute Gasteiger partial charge is 0.185 e. The van der Waals surface area contributed by atoms with Gasteiger partial charge in [0.2, 0.25) is 0 Å². The molecule has 2 aliphatic heterocycles. The van der Waals surface area contributed by atoms with E-state index < -0.39 is 0 Å². The predicted molar refractivity (Wildman–Crippen MR) is 91.6 cm³/mol. The summed E-state index contributed by atoms with van der Waals surface area (Å²) in [6, 6.07) is 0. The van der Waals surface area contributed by atoms with Gasteiger partial charge in [-0.1, -0.05) is 6.92 Å². The van der Waals surface area contributed by atoms with Gasteiger partial charge in [0.15, 0.2) is 5.13 Å². The van der Waals surface area contributed by atoms with Crippen molar-refractivity contribution in [3.63, 3.8) is 0 Å². The Hall–Kier alpha value is -0.690. The summed E-state index contributed by atoms with van der Waals surface area (Å²) in [4.78, 5) is 11.5. The van der Waals surface area contributed by atoms with Gasteiger partial charge in [-0.2, -0.15) is 0 Å². The SMILES string of the molecule is CC1CCN(C[C@H](O)CN2CCN(c3nccs3)CC2)CC1. The first-order valence-corrected chi connectivity index (χ1v) is 9.36. The number of thiazole rings is 1. The highest BCUT2D eigenvalue weighted by molar-refractivity contribution is 7.13. The van der Waals surface area contributed by atoms with Crippen LogP contribution in [0, 0.1) is 5.92 Å². The van der Waals surface area contributed by atoms with Gasteiger partial charge in [-0.3, -0.25) is 4.90 Å². The molecule has 6 heteroatoms. The largest absolute Gasteiger partial charge is 0.390 e. The number of likely N-dealkylation sites (tertiary alicyclic amines) is 1. The van der Waals surface area contributed by atoms with Crippen molar-refractivity contribution in [3.05, 3.63) is 11.6 Å². The summed E-state index contributed by atoms with van der Waals surface area (Å²) >= 11 is 1.71.